The molecule has 0 aliphatic carbocycles. The molecule has 2 fully saturated rings. The number of hydrogen-bond acceptors (Lipinski definition) is 5. The molecular weight excluding hydrogens is 399 g/mol. The number of nitrogens with one attached hydrogen (secondary N) is 1. The van der Waals surface area contributed by atoms with Gasteiger partial charge in [0, 0.05) is 38.1 Å². The Morgan fingerprint density at radius 1 is 1.06 bits per heavy atom. The number of fused-ring (bicyclic) bond motifs is 1. The highest BCUT2D eigenvalue weighted by Crippen LogP contribution is 2.30. The number of aromatic nitrogens is 4. The van der Waals surface area contributed by atoms with Crippen molar-refractivity contribution in [3.8, 4) is 0 Å². The maximum atomic E-state index is 14.1. The second kappa shape index (κ2) is 8.22. The number of aromatic amines is 1. The summed E-state index contributed by atoms with van der Waals surface area (Å²) in [7, 11) is 0. The first-order valence-electron chi connectivity index (χ1n) is 10.8. The van der Waals surface area contributed by atoms with E-state index >= 15 is 0 Å². The number of halogens is 1. The van der Waals surface area contributed by atoms with Crippen molar-refractivity contribution in [2.45, 2.75) is 44.3 Å². The van der Waals surface area contributed by atoms with Crippen molar-refractivity contribution in [2.75, 3.05) is 19.6 Å². The van der Waals surface area contributed by atoms with Gasteiger partial charge in [-0.15, -0.1) is 0 Å². The van der Waals surface area contributed by atoms with Gasteiger partial charge in [0.05, 0.1) is 17.2 Å². The molecule has 9 heteroatoms. The smallest absolute Gasteiger partial charge is 0.323 e. The van der Waals surface area contributed by atoms with E-state index in [1.807, 2.05) is 4.90 Å². The summed E-state index contributed by atoms with van der Waals surface area (Å²) in [5.74, 6) is -0.442. The summed E-state index contributed by atoms with van der Waals surface area (Å²) >= 11 is 0. The Morgan fingerprint density at radius 3 is 2.61 bits per heavy atom. The highest BCUT2D eigenvalue weighted by atomic mass is 19.1. The first kappa shape index (κ1) is 19.9. The minimum atomic E-state index is -0.410. The van der Waals surface area contributed by atoms with Crippen LogP contribution in [0, 0.1) is 5.82 Å². The summed E-state index contributed by atoms with van der Waals surface area (Å²) in [5, 5.41) is 0. The van der Waals surface area contributed by atoms with Gasteiger partial charge in [0.1, 0.15) is 17.7 Å². The maximum absolute atomic E-state index is 14.1. The third kappa shape index (κ3) is 3.63. The summed E-state index contributed by atoms with van der Waals surface area (Å²) in [6, 6.07) is 4.79. The fourth-order valence-corrected chi connectivity index (χ4v) is 5.02. The first-order valence-corrected chi connectivity index (χ1v) is 10.8. The quantitative estimate of drug-likeness (QED) is 0.698. The van der Waals surface area contributed by atoms with Crippen molar-refractivity contribution < 1.29 is 9.18 Å². The Balaban J connectivity index is 1.33. The average molecular weight is 424 g/mol. The Bertz CT molecular complexity index is 1140. The molecule has 1 amide bonds. The number of nitrogens with zero attached hydrogens (tertiary/aromatic N) is 5. The molecule has 2 aromatic heterocycles. The lowest BCUT2D eigenvalue weighted by Gasteiger charge is -2.45. The number of H-pyrrole nitrogens is 1. The van der Waals surface area contributed by atoms with Gasteiger partial charge in [0.2, 0.25) is 0 Å². The van der Waals surface area contributed by atoms with Crippen molar-refractivity contribution in [2.24, 2.45) is 0 Å². The lowest BCUT2D eigenvalue weighted by molar-refractivity contribution is 0.00115. The van der Waals surface area contributed by atoms with Crippen LogP contribution < -0.4 is 5.69 Å². The van der Waals surface area contributed by atoms with Crippen LogP contribution in [0.15, 0.2) is 41.7 Å². The third-order valence-electron chi connectivity index (χ3n) is 6.53. The molecule has 4 heterocycles. The average Bonchev–Trinajstić information content (AvgIpc) is 3.16. The third-order valence-corrected chi connectivity index (χ3v) is 6.53. The van der Waals surface area contributed by atoms with E-state index in [-0.39, 0.29) is 29.3 Å². The summed E-state index contributed by atoms with van der Waals surface area (Å²) in [6.45, 7) is 2.27. The topological polar surface area (TPSA) is 87.1 Å². The molecule has 3 aromatic rings. The molecule has 1 aromatic carbocycles. The van der Waals surface area contributed by atoms with Crippen LogP contribution in [0.5, 0.6) is 0 Å². The van der Waals surface area contributed by atoms with E-state index < -0.39 is 5.82 Å². The molecule has 2 aliphatic heterocycles. The van der Waals surface area contributed by atoms with Gasteiger partial charge < -0.3 is 9.88 Å². The summed E-state index contributed by atoms with van der Waals surface area (Å²) in [4.78, 5) is 40.5. The van der Waals surface area contributed by atoms with Crippen LogP contribution in [0.1, 0.15) is 48.5 Å². The number of piperidine rings is 2. The molecule has 5 rings (SSSR count). The number of amides is 1. The minimum absolute atomic E-state index is 0.00886. The molecule has 2 saturated heterocycles. The first-order chi connectivity index (χ1) is 15.1. The van der Waals surface area contributed by atoms with Gasteiger partial charge >= 0.3 is 5.69 Å². The molecule has 0 radical (unpaired) electrons. The van der Waals surface area contributed by atoms with Gasteiger partial charge in [-0.25, -0.2) is 19.2 Å². The molecule has 0 bridgehead atoms. The fraction of sp³-hybridized carbons (Fsp3) is 0.455. The van der Waals surface area contributed by atoms with Gasteiger partial charge in [-0.2, -0.15) is 0 Å². The molecule has 0 spiro atoms. The van der Waals surface area contributed by atoms with Crippen LogP contribution >= 0.6 is 0 Å². The highest BCUT2D eigenvalue weighted by molar-refractivity contribution is 5.93. The second-order valence-electron chi connectivity index (χ2n) is 8.30. The number of carbonyl (C=O) groups is 1. The van der Waals surface area contributed by atoms with Gasteiger partial charge in [0.15, 0.2) is 0 Å². The maximum Gasteiger partial charge on any atom is 0.326 e. The summed E-state index contributed by atoms with van der Waals surface area (Å²) < 4.78 is 15.8. The Morgan fingerprint density at radius 2 is 1.84 bits per heavy atom. The molecule has 2 aliphatic rings. The van der Waals surface area contributed by atoms with E-state index in [0.717, 1.165) is 51.7 Å². The number of benzene rings is 1. The lowest BCUT2D eigenvalue weighted by Crippen LogP contribution is -2.55. The van der Waals surface area contributed by atoms with E-state index in [4.69, 9.17) is 0 Å². The number of hydrogen-bond donors (Lipinski definition) is 1. The van der Waals surface area contributed by atoms with Gasteiger partial charge in [0.25, 0.3) is 5.91 Å². The number of para-hydroxylation sites is 1. The molecule has 0 saturated carbocycles. The van der Waals surface area contributed by atoms with E-state index in [2.05, 4.69) is 19.9 Å². The zero-order valence-electron chi connectivity index (χ0n) is 17.2. The number of rotatable bonds is 3. The number of imidazole rings is 1. The van der Waals surface area contributed by atoms with Gasteiger partial charge in [-0.05, 0) is 44.2 Å². The molecule has 8 nitrogen and oxygen atoms in total. The summed E-state index contributed by atoms with van der Waals surface area (Å²) in [6.07, 6.45) is 9.15. The van der Waals surface area contributed by atoms with Crippen molar-refractivity contribution in [3.63, 3.8) is 0 Å². The Kier molecular flexibility index (Phi) is 5.27. The molecule has 31 heavy (non-hydrogen) atoms. The van der Waals surface area contributed by atoms with Crippen LogP contribution in [-0.4, -0.2) is 61.0 Å². The lowest BCUT2D eigenvalue weighted by atomic mass is 10.00. The molecule has 1 unspecified atom stereocenters. The van der Waals surface area contributed by atoms with Crippen LogP contribution in [0.4, 0.5) is 4.39 Å². The van der Waals surface area contributed by atoms with Crippen molar-refractivity contribution in [3.05, 3.63) is 58.8 Å². The van der Waals surface area contributed by atoms with Crippen molar-refractivity contribution in [1.82, 2.24) is 29.3 Å². The van der Waals surface area contributed by atoms with Crippen LogP contribution in [0.2, 0.25) is 0 Å². The zero-order chi connectivity index (χ0) is 21.4. The highest BCUT2D eigenvalue weighted by Gasteiger charge is 2.35. The van der Waals surface area contributed by atoms with E-state index in [0.29, 0.717) is 11.1 Å². The van der Waals surface area contributed by atoms with E-state index in [9.17, 15) is 14.0 Å². The number of carbonyl (C=O) groups excluding carboxylic acids is 1. The van der Waals surface area contributed by atoms with Crippen LogP contribution in [-0.2, 0) is 0 Å². The summed E-state index contributed by atoms with van der Waals surface area (Å²) in [5.41, 5.74) is 1.12. The van der Waals surface area contributed by atoms with Gasteiger partial charge in [-0.3, -0.25) is 14.3 Å². The van der Waals surface area contributed by atoms with Gasteiger partial charge in [-0.1, -0.05) is 6.07 Å². The molecule has 1 N–H and O–H groups in total. The van der Waals surface area contributed by atoms with Crippen molar-refractivity contribution in [1.29, 1.82) is 0 Å². The number of likely N-dealkylation sites (tertiary alicyclic amines) is 2. The largest absolute Gasteiger partial charge is 0.326 e. The second-order valence-corrected chi connectivity index (χ2v) is 8.30. The van der Waals surface area contributed by atoms with Crippen LogP contribution in [0.3, 0.4) is 0 Å². The predicted octanol–water partition coefficient (Wildman–Crippen LogP) is 2.55. The monoisotopic (exact) mass is 424 g/mol. The Labute approximate surface area is 178 Å². The fourth-order valence-electron chi connectivity index (χ4n) is 5.02. The van der Waals surface area contributed by atoms with E-state index in [1.54, 1.807) is 29.1 Å². The SMILES string of the molecule is O=C(c1cncnc1)N1CCCCC1N1CCC(n2c(=O)[nH]c3c(F)cccc32)CC1. The zero-order valence-corrected chi connectivity index (χ0v) is 17.2. The molecule has 1 atom stereocenters. The van der Waals surface area contributed by atoms with E-state index in [1.165, 1.54) is 12.4 Å². The molecular formula is C22H25FN6O2. The normalized spacial score (nSPS) is 20.9. The predicted molar refractivity (Wildman–Crippen MR) is 113 cm³/mol. The van der Waals surface area contributed by atoms with Crippen LogP contribution in [0.25, 0.3) is 11.0 Å². The molecule has 162 valence electrons. The minimum Gasteiger partial charge on any atom is -0.323 e. The standard InChI is InChI=1S/C22H25FN6O2/c23-17-4-3-5-18-20(17)26-22(31)29(18)16-7-10-27(11-8-16)19-6-1-2-9-28(19)21(30)15-12-24-14-25-13-15/h3-5,12-14,16,19H,1-2,6-11H2,(H,26,31). The van der Waals surface area contributed by atoms with Crippen molar-refractivity contribution >= 4 is 16.9 Å². The Hall–Kier alpha value is -3.07.